The van der Waals surface area contributed by atoms with Crippen molar-refractivity contribution in [3.05, 3.63) is 48.0 Å². The van der Waals surface area contributed by atoms with E-state index in [1.807, 2.05) is 0 Å². The molecular weight excluding hydrogens is 295 g/mol. The van der Waals surface area contributed by atoms with Crippen LogP contribution in [0, 0.1) is 12.7 Å². The summed E-state index contributed by atoms with van der Waals surface area (Å²) in [5.41, 5.74) is 0.286. The Kier molecular flexibility index (Phi) is 4.81. The Morgan fingerprint density at radius 3 is 2.57 bits per heavy atom. The van der Waals surface area contributed by atoms with Crippen LogP contribution >= 0.6 is 0 Å². The monoisotopic (exact) mass is 310 g/mol. The summed E-state index contributed by atoms with van der Waals surface area (Å²) in [5, 5.41) is 2.88. The number of nitrogens with zero attached hydrogens (tertiary/aromatic N) is 2. The summed E-state index contributed by atoms with van der Waals surface area (Å²) in [6, 6.07) is 5.36. The quantitative estimate of drug-likeness (QED) is 0.786. The van der Waals surface area contributed by atoms with Gasteiger partial charge in [0.05, 0.1) is 4.90 Å². The van der Waals surface area contributed by atoms with Crippen LogP contribution in [-0.4, -0.2) is 31.5 Å². The summed E-state index contributed by atoms with van der Waals surface area (Å²) in [6.45, 7) is 2.02. The lowest BCUT2D eigenvalue weighted by Crippen LogP contribution is -2.29. The second-order valence-corrected chi connectivity index (χ2v) is 6.07. The highest BCUT2D eigenvalue weighted by Gasteiger charge is 2.14. The number of halogens is 1. The van der Waals surface area contributed by atoms with Crippen molar-refractivity contribution in [2.45, 2.75) is 11.8 Å². The summed E-state index contributed by atoms with van der Waals surface area (Å²) in [6.07, 6.45) is 3.17. The zero-order valence-electron chi connectivity index (χ0n) is 11.4. The van der Waals surface area contributed by atoms with Crippen molar-refractivity contribution in [3.63, 3.8) is 0 Å². The standard InChI is InChI=1S/C13H15FN4O2S/c1-10-9-11(3-4-12(10)14)21(19,20)18-8-7-17-13-15-5-2-6-16-13/h2-6,9,18H,7-8H2,1H3,(H,15,16,17). The van der Waals surface area contributed by atoms with Crippen LogP contribution in [0.15, 0.2) is 41.6 Å². The molecule has 0 aliphatic heterocycles. The lowest BCUT2D eigenvalue weighted by atomic mass is 10.2. The van der Waals surface area contributed by atoms with Gasteiger partial charge in [-0.15, -0.1) is 0 Å². The van der Waals surface area contributed by atoms with E-state index in [1.54, 1.807) is 18.5 Å². The fraction of sp³-hybridized carbons (Fsp3) is 0.231. The SMILES string of the molecule is Cc1cc(S(=O)(=O)NCCNc2ncccn2)ccc1F. The molecule has 0 radical (unpaired) electrons. The van der Waals surface area contributed by atoms with Crippen molar-refractivity contribution in [2.24, 2.45) is 0 Å². The molecule has 2 rings (SSSR count). The smallest absolute Gasteiger partial charge is 0.240 e. The molecule has 0 spiro atoms. The maximum Gasteiger partial charge on any atom is 0.240 e. The van der Waals surface area contributed by atoms with E-state index in [4.69, 9.17) is 0 Å². The fourth-order valence-corrected chi connectivity index (χ4v) is 2.73. The molecule has 0 bridgehead atoms. The first-order chi connectivity index (χ1) is 9.99. The van der Waals surface area contributed by atoms with Crippen LogP contribution in [0.3, 0.4) is 0 Å². The second kappa shape index (κ2) is 6.59. The van der Waals surface area contributed by atoms with Crippen LogP contribution in [-0.2, 0) is 10.0 Å². The van der Waals surface area contributed by atoms with Gasteiger partial charge in [0, 0.05) is 25.5 Å². The van der Waals surface area contributed by atoms with Gasteiger partial charge in [-0.3, -0.25) is 0 Å². The van der Waals surface area contributed by atoms with Crippen LogP contribution in [0.2, 0.25) is 0 Å². The maximum atomic E-state index is 13.1. The van der Waals surface area contributed by atoms with Crippen LogP contribution in [0.5, 0.6) is 0 Å². The van der Waals surface area contributed by atoms with Crippen LogP contribution in [0.1, 0.15) is 5.56 Å². The molecule has 0 saturated carbocycles. The minimum absolute atomic E-state index is 0.0392. The molecule has 112 valence electrons. The van der Waals surface area contributed by atoms with E-state index >= 15 is 0 Å². The van der Waals surface area contributed by atoms with Crippen LogP contribution < -0.4 is 10.0 Å². The number of sulfonamides is 1. The Labute approximate surface area is 122 Å². The lowest BCUT2D eigenvalue weighted by molar-refractivity contribution is 0.581. The predicted octanol–water partition coefficient (Wildman–Crippen LogP) is 1.31. The first-order valence-corrected chi connectivity index (χ1v) is 7.74. The molecule has 8 heteroatoms. The van der Waals surface area contributed by atoms with E-state index in [0.29, 0.717) is 12.5 Å². The third-order valence-corrected chi connectivity index (χ3v) is 4.16. The van der Waals surface area contributed by atoms with Crippen molar-refractivity contribution >= 4 is 16.0 Å². The molecule has 2 aromatic rings. The Hall–Kier alpha value is -2.06. The maximum absolute atomic E-state index is 13.1. The molecule has 0 fully saturated rings. The van der Waals surface area contributed by atoms with Crippen molar-refractivity contribution in [1.29, 1.82) is 0 Å². The zero-order chi connectivity index (χ0) is 15.3. The van der Waals surface area contributed by atoms with Crippen molar-refractivity contribution < 1.29 is 12.8 Å². The Morgan fingerprint density at radius 2 is 1.90 bits per heavy atom. The molecule has 1 aromatic heterocycles. The molecule has 2 N–H and O–H groups in total. The second-order valence-electron chi connectivity index (χ2n) is 4.31. The van der Waals surface area contributed by atoms with E-state index in [0.717, 1.165) is 6.07 Å². The van der Waals surface area contributed by atoms with Gasteiger partial charge in [-0.05, 0) is 36.8 Å². The van der Waals surface area contributed by atoms with E-state index in [-0.39, 0.29) is 17.0 Å². The van der Waals surface area contributed by atoms with Crippen LogP contribution in [0.25, 0.3) is 0 Å². The van der Waals surface area contributed by atoms with Gasteiger partial charge in [0.25, 0.3) is 0 Å². The minimum Gasteiger partial charge on any atom is -0.353 e. The third kappa shape index (κ3) is 4.20. The molecule has 1 heterocycles. The van der Waals surface area contributed by atoms with Crippen molar-refractivity contribution in [2.75, 3.05) is 18.4 Å². The Bertz CT molecular complexity index is 707. The number of rotatable bonds is 6. The highest BCUT2D eigenvalue weighted by Crippen LogP contribution is 2.13. The van der Waals surface area contributed by atoms with Gasteiger partial charge in [-0.25, -0.2) is 27.5 Å². The summed E-state index contributed by atoms with van der Waals surface area (Å²) in [4.78, 5) is 7.94. The normalized spacial score (nSPS) is 11.3. The number of anilines is 1. The van der Waals surface area contributed by atoms with Gasteiger partial charge in [-0.1, -0.05) is 0 Å². The number of hydrogen-bond acceptors (Lipinski definition) is 5. The fourth-order valence-electron chi connectivity index (χ4n) is 1.62. The molecule has 21 heavy (non-hydrogen) atoms. The Morgan fingerprint density at radius 1 is 1.19 bits per heavy atom. The molecule has 1 aromatic carbocycles. The van der Waals surface area contributed by atoms with Gasteiger partial charge < -0.3 is 5.32 Å². The van der Waals surface area contributed by atoms with Crippen LogP contribution in [0.4, 0.5) is 10.3 Å². The molecule has 0 unspecified atom stereocenters. The average Bonchev–Trinajstić information content (AvgIpc) is 2.47. The number of nitrogens with one attached hydrogen (secondary N) is 2. The largest absolute Gasteiger partial charge is 0.353 e. The highest BCUT2D eigenvalue weighted by molar-refractivity contribution is 7.89. The topological polar surface area (TPSA) is 84.0 Å². The minimum atomic E-state index is -3.65. The van der Waals surface area contributed by atoms with Crippen molar-refractivity contribution in [1.82, 2.24) is 14.7 Å². The predicted molar refractivity (Wildman–Crippen MR) is 76.8 cm³/mol. The van der Waals surface area contributed by atoms with Crippen molar-refractivity contribution in [3.8, 4) is 0 Å². The van der Waals surface area contributed by atoms with Gasteiger partial charge in [0.15, 0.2) is 0 Å². The molecule has 0 aliphatic carbocycles. The Balaban J connectivity index is 1.91. The van der Waals surface area contributed by atoms with E-state index in [2.05, 4.69) is 20.0 Å². The summed E-state index contributed by atoms with van der Waals surface area (Å²) >= 11 is 0. The molecule has 0 saturated heterocycles. The number of hydrogen-bond donors (Lipinski definition) is 2. The zero-order valence-corrected chi connectivity index (χ0v) is 12.2. The molecular formula is C13H15FN4O2S. The average molecular weight is 310 g/mol. The van der Waals surface area contributed by atoms with Gasteiger partial charge in [0.2, 0.25) is 16.0 Å². The van der Waals surface area contributed by atoms with E-state index in [1.165, 1.54) is 19.1 Å². The summed E-state index contributed by atoms with van der Waals surface area (Å²) < 4.78 is 39.6. The lowest BCUT2D eigenvalue weighted by Gasteiger charge is -2.08. The third-order valence-electron chi connectivity index (χ3n) is 2.71. The molecule has 0 atom stereocenters. The number of aromatic nitrogens is 2. The van der Waals surface area contributed by atoms with E-state index in [9.17, 15) is 12.8 Å². The molecule has 0 aliphatic rings. The first-order valence-electron chi connectivity index (χ1n) is 6.26. The highest BCUT2D eigenvalue weighted by atomic mass is 32.2. The number of aryl methyl sites for hydroxylation is 1. The molecule has 6 nitrogen and oxygen atoms in total. The van der Waals surface area contributed by atoms with Gasteiger partial charge in [0.1, 0.15) is 5.82 Å². The van der Waals surface area contributed by atoms with Gasteiger partial charge in [-0.2, -0.15) is 0 Å². The summed E-state index contributed by atoms with van der Waals surface area (Å²) in [7, 11) is -3.65. The van der Waals surface area contributed by atoms with Gasteiger partial charge >= 0.3 is 0 Å². The first kappa shape index (κ1) is 15.3. The molecule has 0 amide bonds. The summed E-state index contributed by atoms with van der Waals surface area (Å²) in [5.74, 6) is -0.00818. The number of benzene rings is 1. The van der Waals surface area contributed by atoms with E-state index < -0.39 is 15.8 Å².